The Morgan fingerprint density at radius 1 is 1.17 bits per heavy atom. The predicted octanol–water partition coefficient (Wildman–Crippen LogP) is 3.80. The molecule has 0 fully saturated rings. The number of aromatic nitrogens is 1. The van der Waals surface area contributed by atoms with Gasteiger partial charge < -0.3 is 29.4 Å². The lowest BCUT2D eigenvalue weighted by molar-refractivity contribution is -0.144. The Morgan fingerprint density at radius 2 is 1.97 bits per heavy atom. The number of amides is 1. The van der Waals surface area contributed by atoms with Crippen molar-refractivity contribution < 1.29 is 38.0 Å². The van der Waals surface area contributed by atoms with Crippen LogP contribution in [0.3, 0.4) is 0 Å². The van der Waals surface area contributed by atoms with E-state index >= 15 is 0 Å². The third-order valence-corrected chi connectivity index (χ3v) is 5.15. The van der Waals surface area contributed by atoms with Crippen LogP contribution in [0, 0.1) is 5.82 Å². The van der Waals surface area contributed by atoms with Crippen LogP contribution < -0.4 is 14.8 Å². The van der Waals surface area contributed by atoms with Crippen molar-refractivity contribution in [2.75, 3.05) is 0 Å². The van der Waals surface area contributed by atoms with E-state index in [2.05, 4.69) is 10.3 Å². The topological polar surface area (TPSA) is 116 Å². The van der Waals surface area contributed by atoms with Crippen LogP contribution >= 0.6 is 0 Å². The number of aliphatic carboxylic acids is 1. The standard InChI is InChI=1S/C26H23FN2O7/c1-16(26(31)32)34-19-10-9-18(21(27)13-19)14-29-24(30)20-8-5-11-28-25(20)36-23-15-33-22(35-23)12-17-6-3-2-4-7-17/h2-11,13,15-16,22H,12,14H2,1H3,(H,29,30)(H,31,32)/t16-,22?/m0/s1. The summed E-state index contributed by atoms with van der Waals surface area (Å²) in [5.41, 5.74) is 1.33. The minimum atomic E-state index is -1.17. The molecule has 2 heterocycles. The molecule has 0 bridgehead atoms. The smallest absolute Gasteiger partial charge is 0.344 e. The second-order valence-electron chi connectivity index (χ2n) is 7.80. The van der Waals surface area contributed by atoms with Crippen LogP contribution in [0.15, 0.2) is 79.1 Å². The number of benzene rings is 2. The fourth-order valence-corrected chi connectivity index (χ4v) is 3.27. The molecule has 36 heavy (non-hydrogen) atoms. The summed E-state index contributed by atoms with van der Waals surface area (Å²) >= 11 is 0. The first-order chi connectivity index (χ1) is 17.4. The Labute approximate surface area is 206 Å². The van der Waals surface area contributed by atoms with Crippen LogP contribution in [-0.2, 0) is 27.2 Å². The van der Waals surface area contributed by atoms with Gasteiger partial charge in [0.15, 0.2) is 12.4 Å². The molecule has 2 atom stereocenters. The largest absolute Gasteiger partial charge is 0.479 e. The number of carbonyl (C=O) groups excluding carboxylic acids is 1. The highest BCUT2D eigenvalue weighted by Crippen LogP contribution is 2.24. The summed E-state index contributed by atoms with van der Waals surface area (Å²) in [6.07, 6.45) is 1.58. The molecule has 1 aromatic heterocycles. The van der Waals surface area contributed by atoms with Crippen LogP contribution in [0.1, 0.15) is 28.4 Å². The second-order valence-corrected chi connectivity index (χ2v) is 7.80. The molecule has 0 aliphatic carbocycles. The zero-order valence-corrected chi connectivity index (χ0v) is 19.2. The third-order valence-electron chi connectivity index (χ3n) is 5.15. The van der Waals surface area contributed by atoms with Gasteiger partial charge in [-0.2, -0.15) is 0 Å². The minimum Gasteiger partial charge on any atom is -0.479 e. The van der Waals surface area contributed by atoms with E-state index in [1.54, 1.807) is 6.07 Å². The molecular weight excluding hydrogens is 471 g/mol. The second kappa shape index (κ2) is 11.2. The predicted molar refractivity (Wildman–Crippen MR) is 124 cm³/mol. The van der Waals surface area contributed by atoms with Crippen LogP contribution in [-0.4, -0.2) is 34.4 Å². The van der Waals surface area contributed by atoms with Crippen molar-refractivity contribution >= 4 is 11.9 Å². The first-order valence-corrected chi connectivity index (χ1v) is 11.0. The van der Waals surface area contributed by atoms with E-state index < -0.39 is 30.1 Å². The Bertz CT molecular complexity index is 1270. The molecule has 0 saturated heterocycles. The summed E-state index contributed by atoms with van der Waals surface area (Å²) < 4.78 is 36.4. The number of rotatable bonds is 10. The lowest BCUT2D eigenvalue weighted by atomic mass is 10.1. The number of ether oxygens (including phenoxy) is 4. The number of nitrogens with one attached hydrogen (secondary N) is 1. The molecule has 2 aromatic carbocycles. The highest BCUT2D eigenvalue weighted by Gasteiger charge is 2.24. The molecule has 1 amide bonds. The molecule has 2 N–H and O–H groups in total. The Morgan fingerprint density at radius 3 is 2.72 bits per heavy atom. The van der Waals surface area contributed by atoms with Crippen LogP contribution in [0.2, 0.25) is 0 Å². The maximum Gasteiger partial charge on any atom is 0.344 e. The molecule has 0 spiro atoms. The fraction of sp³-hybridized carbons (Fsp3) is 0.192. The van der Waals surface area contributed by atoms with Crippen LogP contribution in [0.5, 0.6) is 11.6 Å². The van der Waals surface area contributed by atoms with Crippen LogP contribution in [0.25, 0.3) is 0 Å². The number of hydrogen-bond acceptors (Lipinski definition) is 7. The summed E-state index contributed by atoms with van der Waals surface area (Å²) in [4.78, 5) is 27.8. The Balaban J connectivity index is 1.34. The lowest BCUT2D eigenvalue weighted by Crippen LogP contribution is -2.25. The molecule has 1 unspecified atom stereocenters. The van der Waals surface area contributed by atoms with Gasteiger partial charge >= 0.3 is 11.9 Å². The minimum absolute atomic E-state index is 0.00270. The van der Waals surface area contributed by atoms with Crippen molar-refractivity contribution in [3.05, 3.63) is 102 Å². The number of carboxylic acid groups (broad SMARTS) is 1. The van der Waals surface area contributed by atoms with Crippen molar-refractivity contribution in [3.63, 3.8) is 0 Å². The molecular formula is C26H23FN2O7. The van der Waals surface area contributed by atoms with Crippen molar-refractivity contribution in [2.45, 2.75) is 32.3 Å². The number of hydrogen-bond donors (Lipinski definition) is 2. The maximum atomic E-state index is 14.4. The summed E-state index contributed by atoms with van der Waals surface area (Å²) in [6.45, 7) is 1.21. The third kappa shape index (κ3) is 6.29. The van der Waals surface area contributed by atoms with Crippen molar-refractivity contribution in [1.82, 2.24) is 10.3 Å². The Kier molecular flexibility index (Phi) is 7.64. The molecule has 4 rings (SSSR count). The fourth-order valence-electron chi connectivity index (χ4n) is 3.27. The van der Waals surface area contributed by atoms with E-state index in [0.29, 0.717) is 6.42 Å². The van der Waals surface area contributed by atoms with E-state index in [0.717, 1.165) is 11.6 Å². The molecule has 1 aliphatic rings. The maximum absolute atomic E-state index is 14.4. The molecule has 3 aromatic rings. The summed E-state index contributed by atoms with van der Waals surface area (Å²) in [5.74, 6) is -2.24. The summed E-state index contributed by atoms with van der Waals surface area (Å²) in [7, 11) is 0. The zero-order chi connectivity index (χ0) is 25.5. The van der Waals surface area contributed by atoms with Gasteiger partial charge in [0.2, 0.25) is 12.2 Å². The van der Waals surface area contributed by atoms with E-state index in [4.69, 9.17) is 24.1 Å². The average molecular weight is 494 g/mol. The number of carbonyl (C=O) groups is 2. The van der Waals surface area contributed by atoms with Gasteiger partial charge in [-0.3, -0.25) is 4.79 Å². The first kappa shape index (κ1) is 24.5. The van der Waals surface area contributed by atoms with Gasteiger partial charge in [0, 0.05) is 30.8 Å². The Hall–Kier alpha value is -4.60. The van der Waals surface area contributed by atoms with Crippen molar-refractivity contribution in [3.8, 4) is 11.6 Å². The van der Waals surface area contributed by atoms with Gasteiger partial charge in [-0.05, 0) is 30.7 Å². The van der Waals surface area contributed by atoms with E-state index in [9.17, 15) is 14.0 Å². The van der Waals surface area contributed by atoms with Gasteiger partial charge in [-0.25, -0.2) is 14.2 Å². The highest BCUT2D eigenvalue weighted by atomic mass is 19.1. The number of pyridine rings is 1. The molecule has 0 saturated carbocycles. The average Bonchev–Trinajstić information content (AvgIpc) is 3.30. The molecule has 0 radical (unpaired) electrons. The monoisotopic (exact) mass is 494 g/mol. The number of nitrogens with zero attached hydrogens (tertiary/aromatic N) is 1. The lowest BCUT2D eigenvalue weighted by Gasteiger charge is -2.13. The van der Waals surface area contributed by atoms with E-state index in [1.807, 2.05) is 30.3 Å². The van der Waals surface area contributed by atoms with E-state index in [1.165, 1.54) is 37.6 Å². The summed E-state index contributed by atoms with van der Waals surface area (Å²) in [6, 6.07) is 16.6. The normalized spacial score (nSPS) is 15.2. The molecule has 186 valence electrons. The SMILES string of the molecule is C[C@H](Oc1ccc(CNC(=O)c2cccnc2OC2=COC(Cc3ccccc3)O2)c(F)c1)C(=O)O. The first-order valence-electron chi connectivity index (χ1n) is 11.0. The molecule has 10 heteroatoms. The van der Waals surface area contributed by atoms with Gasteiger partial charge in [-0.15, -0.1) is 0 Å². The van der Waals surface area contributed by atoms with Crippen molar-refractivity contribution in [2.24, 2.45) is 0 Å². The van der Waals surface area contributed by atoms with Crippen molar-refractivity contribution in [1.29, 1.82) is 0 Å². The van der Waals surface area contributed by atoms with Gasteiger partial charge in [0.25, 0.3) is 5.91 Å². The van der Waals surface area contributed by atoms with Gasteiger partial charge in [0.1, 0.15) is 17.1 Å². The number of halogens is 1. The highest BCUT2D eigenvalue weighted by molar-refractivity contribution is 5.96. The number of carboxylic acids is 1. The zero-order valence-electron chi connectivity index (χ0n) is 19.2. The molecule has 9 nitrogen and oxygen atoms in total. The van der Waals surface area contributed by atoms with E-state index in [-0.39, 0.29) is 35.2 Å². The van der Waals surface area contributed by atoms with Gasteiger partial charge in [-0.1, -0.05) is 36.4 Å². The van der Waals surface area contributed by atoms with Gasteiger partial charge in [0.05, 0.1) is 0 Å². The summed E-state index contributed by atoms with van der Waals surface area (Å²) in [5, 5.41) is 11.5. The molecule has 1 aliphatic heterocycles. The quantitative estimate of drug-likeness (QED) is 0.437. The van der Waals surface area contributed by atoms with Crippen LogP contribution in [0.4, 0.5) is 4.39 Å².